The SMILES string of the molecule is CCC(C)Oc1ccc(C#CCO)c(F)c1. The molecule has 0 heterocycles. The fourth-order valence-electron chi connectivity index (χ4n) is 1.12. The van der Waals surface area contributed by atoms with Gasteiger partial charge in [0.1, 0.15) is 18.2 Å². The van der Waals surface area contributed by atoms with Gasteiger partial charge in [0.15, 0.2) is 0 Å². The maximum absolute atomic E-state index is 13.5. The Balaban J connectivity index is 2.82. The van der Waals surface area contributed by atoms with E-state index in [0.717, 1.165) is 6.42 Å². The van der Waals surface area contributed by atoms with E-state index < -0.39 is 5.82 Å². The average molecular weight is 222 g/mol. The number of aliphatic hydroxyl groups is 1. The zero-order valence-electron chi connectivity index (χ0n) is 9.46. The first kappa shape index (κ1) is 12.5. The number of benzene rings is 1. The Bertz CT molecular complexity index is 404. The monoisotopic (exact) mass is 222 g/mol. The second kappa shape index (κ2) is 6.14. The van der Waals surface area contributed by atoms with Crippen LogP contribution in [0.3, 0.4) is 0 Å². The minimum atomic E-state index is -0.429. The molecular weight excluding hydrogens is 207 g/mol. The molecule has 0 aliphatic rings. The zero-order chi connectivity index (χ0) is 12.0. The van der Waals surface area contributed by atoms with Gasteiger partial charge >= 0.3 is 0 Å². The van der Waals surface area contributed by atoms with Gasteiger partial charge in [0.25, 0.3) is 0 Å². The van der Waals surface area contributed by atoms with Crippen molar-refractivity contribution in [1.29, 1.82) is 0 Å². The molecule has 0 saturated carbocycles. The van der Waals surface area contributed by atoms with Gasteiger partial charge in [-0.15, -0.1) is 0 Å². The van der Waals surface area contributed by atoms with Crippen LogP contribution in [0.4, 0.5) is 4.39 Å². The first-order chi connectivity index (χ1) is 7.67. The van der Waals surface area contributed by atoms with Crippen LogP contribution in [0.15, 0.2) is 18.2 Å². The fourth-order valence-corrected chi connectivity index (χ4v) is 1.12. The predicted octanol–water partition coefficient (Wildman–Crippen LogP) is 2.35. The van der Waals surface area contributed by atoms with Crippen molar-refractivity contribution >= 4 is 0 Å². The third-order valence-corrected chi connectivity index (χ3v) is 2.15. The van der Waals surface area contributed by atoms with E-state index in [-0.39, 0.29) is 18.3 Å². The molecule has 0 aromatic heterocycles. The van der Waals surface area contributed by atoms with Gasteiger partial charge in [-0.1, -0.05) is 18.8 Å². The van der Waals surface area contributed by atoms with E-state index in [1.54, 1.807) is 12.1 Å². The van der Waals surface area contributed by atoms with Crippen LogP contribution in [0.5, 0.6) is 5.75 Å². The molecule has 16 heavy (non-hydrogen) atoms. The Labute approximate surface area is 95.1 Å². The molecule has 3 heteroatoms. The molecule has 2 nitrogen and oxygen atoms in total. The van der Waals surface area contributed by atoms with Gasteiger partial charge in [-0.2, -0.15) is 0 Å². The average Bonchev–Trinajstić information content (AvgIpc) is 2.28. The standard InChI is InChI=1S/C13H15FO2/c1-3-10(2)16-12-7-6-11(5-4-8-15)13(14)9-12/h6-7,9-10,15H,3,8H2,1-2H3. The Morgan fingerprint density at radius 1 is 1.50 bits per heavy atom. The highest BCUT2D eigenvalue weighted by molar-refractivity contribution is 5.39. The first-order valence-corrected chi connectivity index (χ1v) is 5.23. The summed E-state index contributed by atoms with van der Waals surface area (Å²) in [5, 5.41) is 8.50. The Kier molecular flexibility index (Phi) is 4.81. The number of hydrogen-bond acceptors (Lipinski definition) is 2. The van der Waals surface area contributed by atoms with Crippen molar-refractivity contribution in [3.8, 4) is 17.6 Å². The van der Waals surface area contributed by atoms with Crippen molar-refractivity contribution < 1.29 is 14.2 Å². The largest absolute Gasteiger partial charge is 0.491 e. The van der Waals surface area contributed by atoms with Crippen LogP contribution in [0.2, 0.25) is 0 Å². The van der Waals surface area contributed by atoms with Crippen LogP contribution in [-0.4, -0.2) is 17.8 Å². The summed E-state index contributed by atoms with van der Waals surface area (Å²) in [6.07, 6.45) is 0.932. The number of rotatable bonds is 3. The molecule has 1 atom stereocenters. The van der Waals surface area contributed by atoms with Gasteiger partial charge in [0.2, 0.25) is 0 Å². The van der Waals surface area contributed by atoms with Gasteiger partial charge in [0.05, 0.1) is 11.7 Å². The van der Waals surface area contributed by atoms with E-state index >= 15 is 0 Å². The minimum absolute atomic E-state index is 0.0637. The molecule has 0 fully saturated rings. The zero-order valence-corrected chi connectivity index (χ0v) is 9.46. The summed E-state index contributed by atoms with van der Waals surface area (Å²) in [6.45, 7) is 3.66. The molecule has 0 saturated heterocycles. The highest BCUT2D eigenvalue weighted by Gasteiger charge is 2.04. The molecule has 0 amide bonds. The van der Waals surface area contributed by atoms with Gasteiger partial charge < -0.3 is 9.84 Å². The molecule has 86 valence electrons. The van der Waals surface area contributed by atoms with E-state index in [2.05, 4.69) is 11.8 Å². The lowest BCUT2D eigenvalue weighted by atomic mass is 10.2. The maximum Gasteiger partial charge on any atom is 0.142 e. The number of ether oxygens (including phenoxy) is 1. The lowest BCUT2D eigenvalue weighted by molar-refractivity contribution is 0.216. The molecule has 1 unspecified atom stereocenters. The smallest absolute Gasteiger partial charge is 0.142 e. The third-order valence-electron chi connectivity index (χ3n) is 2.15. The summed E-state index contributed by atoms with van der Waals surface area (Å²) < 4.78 is 18.9. The van der Waals surface area contributed by atoms with E-state index in [0.29, 0.717) is 5.75 Å². The normalized spacial score (nSPS) is 11.5. The van der Waals surface area contributed by atoms with Crippen LogP contribution in [-0.2, 0) is 0 Å². The molecule has 0 aliphatic carbocycles. The van der Waals surface area contributed by atoms with E-state index in [9.17, 15) is 4.39 Å². The molecular formula is C13H15FO2. The molecule has 0 aliphatic heterocycles. The Morgan fingerprint density at radius 2 is 2.25 bits per heavy atom. The molecule has 1 aromatic rings. The van der Waals surface area contributed by atoms with Crippen molar-refractivity contribution in [2.24, 2.45) is 0 Å². The number of halogens is 1. The summed E-state index contributed by atoms with van der Waals surface area (Å²) in [5.74, 6) is 5.00. The van der Waals surface area contributed by atoms with Gasteiger partial charge in [-0.05, 0) is 25.5 Å². The molecule has 1 aromatic carbocycles. The molecule has 1 rings (SSSR count). The van der Waals surface area contributed by atoms with Crippen LogP contribution < -0.4 is 4.74 Å². The third kappa shape index (κ3) is 3.56. The summed E-state index contributed by atoms with van der Waals surface area (Å²) in [5.41, 5.74) is 0.269. The van der Waals surface area contributed by atoms with E-state index in [1.165, 1.54) is 6.07 Å². The van der Waals surface area contributed by atoms with Crippen LogP contribution in [0, 0.1) is 17.7 Å². The van der Waals surface area contributed by atoms with Crippen LogP contribution in [0.25, 0.3) is 0 Å². The maximum atomic E-state index is 13.5. The van der Waals surface area contributed by atoms with Crippen molar-refractivity contribution in [3.63, 3.8) is 0 Å². The van der Waals surface area contributed by atoms with E-state index in [1.807, 2.05) is 13.8 Å². The summed E-state index contributed by atoms with van der Waals surface area (Å²) in [6, 6.07) is 4.54. The van der Waals surface area contributed by atoms with Crippen molar-refractivity contribution in [1.82, 2.24) is 0 Å². The second-order valence-corrected chi connectivity index (χ2v) is 3.44. The van der Waals surface area contributed by atoms with Crippen LogP contribution in [0.1, 0.15) is 25.8 Å². The summed E-state index contributed by atoms with van der Waals surface area (Å²) in [4.78, 5) is 0. The van der Waals surface area contributed by atoms with Crippen LogP contribution >= 0.6 is 0 Å². The second-order valence-electron chi connectivity index (χ2n) is 3.44. The summed E-state index contributed by atoms with van der Waals surface area (Å²) in [7, 11) is 0. The highest BCUT2D eigenvalue weighted by atomic mass is 19.1. The lowest BCUT2D eigenvalue weighted by Crippen LogP contribution is -2.09. The molecule has 0 spiro atoms. The quantitative estimate of drug-likeness (QED) is 0.795. The number of aliphatic hydroxyl groups excluding tert-OH is 1. The van der Waals surface area contributed by atoms with Crippen molar-refractivity contribution in [3.05, 3.63) is 29.6 Å². The molecule has 0 bridgehead atoms. The Morgan fingerprint density at radius 3 is 2.81 bits per heavy atom. The Hall–Kier alpha value is -1.53. The van der Waals surface area contributed by atoms with Crippen molar-refractivity contribution in [2.45, 2.75) is 26.4 Å². The number of hydrogen-bond donors (Lipinski definition) is 1. The van der Waals surface area contributed by atoms with Crippen molar-refractivity contribution in [2.75, 3.05) is 6.61 Å². The first-order valence-electron chi connectivity index (χ1n) is 5.23. The topological polar surface area (TPSA) is 29.5 Å². The van der Waals surface area contributed by atoms with E-state index in [4.69, 9.17) is 9.84 Å². The summed E-state index contributed by atoms with van der Waals surface area (Å²) >= 11 is 0. The highest BCUT2D eigenvalue weighted by Crippen LogP contribution is 2.17. The molecule has 0 radical (unpaired) electrons. The fraction of sp³-hybridized carbons (Fsp3) is 0.385. The minimum Gasteiger partial charge on any atom is -0.491 e. The van der Waals surface area contributed by atoms with Gasteiger partial charge in [-0.3, -0.25) is 0 Å². The van der Waals surface area contributed by atoms with Gasteiger partial charge in [-0.25, -0.2) is 4.39 Å². The lowest BCUT2D eigenvalue weighted by Gasteiger charge is -2.12. The predicted molar refractivity (Wildman–Crippen MR) is 60.7 cm³/mol. The molecule has 1 N–H and O–H groups in total. The van der Waals surface area contributed by atoms with Gasteiger partial charge in [0, 0.05) is 6.07 Å².